The van der Waals surface area contributed by atoms with Gasteiger partial charge in [-0.05, 0) is 37.5 Å². The summed E-state index contributed by atoms with van der Waals surface area (Å²) >= 11 is 1.58. The van der Waals surface area contributed by atoms with Crippen LogP contribution in [0.3, 0.4) is 0 Å². The lowest BCUT2D eigenvalue weighted by atomic mass is 10.1. The van der Waals surface area contributed by atoms with Gasteiger partial charge >= 0.3 is 11.9 Å². The average Bonchev–Trinajstić information content (AvgIpc) is 2.93. The van der Waals surface area contributed by atoms with Crippen molar-refractivity contribution < 1.29 is 24.0 Å². The Morgan fingerprint density at radius 2 is 1.87 bits per heavy atom. The van der Waals surface area contributed by atoms with E-state index in [-0.39, 0.29) is 19.1 Å². The first kappa shape index (κ1) is 22.8. The molecule has 1 unspecified atom stereocenters. The van der Waals surface area contributed by atoms with Crippen LogP contribution in [0.15, 0.2) is 59.5 Å². The number of carbonyl (C=O) groups is 3. The van der Waals surface area contributed by atoms with Crippen molar-refractivity contribution in [2.24, 2.45) is 0 Å². The van der Waals surface area contributed by atoms with Gasteiger partial charge in [-0.2, -0.15) is 0 Å². The number of aryl methyl sites for hydroxylation is 1. The molecule has 1 amide bonds. The fraction of sp³-hybridized carbons (Fsp3) is 0.348. The van der Waals surface area contributed by atoms with E-state index in [1.165, 1.54) is 4.90 Å². The summed E-state index contributed by atoms with van der Waals surface area (Å²) in [6, 6.07) is 16.4. The zero-order valence-electron chi connectivity index (χ0n) is 17.4. The van der Waals surface area contributed by atoms with E-state index in [0.717, 1.165) is 10.5 Å². The van der Waals surface area contributed by atoms with Crippen LogP contribution in [0, 0.1) is 0 Å². The smallest absolute Gasteiger partial charge is 0.344 e. The summed E-state index contributed by atoms with van der Waals surface area (Å²) < 4.78 is 5.09. The van der Waals surface area contributed by atoms with Gasteiger partial charge in [0.1, 0.15) is 12.6 Å². The fourth-order valence-corrected chi connectivity index (χ4v) is 4.21. The number of hydroxylamine groups is 1. The minimum atomic E-state index is -0.799. The number of para-hydroxylation sites is 1. The number of nitrogens with one attached hydrogen (secondary N) is 1. The normalized spacial score (nSPS) is 14.4. The molecule has 0 spiro atoms. The lowest BCUT2D eigenvalue weighted by molar-refractivity contribution is -0.159. The van der Waals surface area contributed by atoms with Gasteiger partial charge in [-0.25, -0.2) is 4.79 Å². The number of benzene rings is 2. The Morgan fingerprint density at radius 1 is 1.13 bits per heavy atom. The van der Waals surface area contributed by atoms with E-state index in [1.54, 1.807) is 18.7 Å². The molecular formula is C23H26N2O5S. The topological polar surface area (TPSA) is 84.9 Å². The summed E-state index contributed by atoms with van der Waals surface area (Å²) in [4.78, 5) is 44.9. The van der Waals surface area contributed by atoms with Gasteiger partial charge in [0, 0.05) is 17.1 Å². The fourth-order valence-electron chi connectivity index (χ4n) is 3.21. The molecule has 31 heavy (non-hydrogen) atoms. The van der Waals surface area contributed by atoms with Gasteiger partial charge < -0.3 is 9.57 Å². The molecule has 1 aliphatic heterocycles. The predicted molar refractivity (Wildman–Crippen MR) is 119 cm³/mol. The molecule has 1 atom stereocenters. The van der Waals surface area contributed by atoms with Crippen LogP contribution >= 0.6 is 11.8 Å². The minimum absolute atomic E-state index is 0.138. The summed E-state index contributed by atoms with van der Waals surface area (Å²) in [5.74, 6) is -0.618. The van der Waals surface area contributed by atoms with Crippen LogP contribution < -0.4 is 10.4 Å². The molecule has 0 aromatic heterocycles. The summed E-state index contributed by atoms with van der Waals surface area (Å²) in [6.07, 6.45) is 1.35. The van der Waals surface area contributed by atoms with Crippen LogP contribution in [0.5, 0.6) is 0 Å². The van der Waals surface area contributed by atoms with Gasteiger partial charge in [-0.15, -0.1) is 17.2 Å². The average molecular weight is 443 g/mol. The number of carbonyl (C=O) groups excluding carboxylic acids is 3. The first-order chi connectivity index (χ1) is 15.1. The molecule has 0 aliphatic carbocycles. The maximum absolute atomic E-state index is 12.5. The van der Waals surface area contributed by atoms with E-state index < -0.39 is 18.0 Å². The van der Waals surface area contributed by atoms with E-state index >= 15 is 0 Å². The second-order valence-electron chi connectivity index (χ2n) is 6.97. The molecule has 164 valence electrons. The van der Waals surface area contributed by atoms with Crippen molar-refractivity contribution >= 4 is 35.3 Å². The molecule has 8 heteroatoms. The molecule has 0 fully saturated rings. The van der Waals surface area contributed by atoms with Crippen molar-refractivity contribution in [3.8, 4) is 0 Å². The molecule has 2 aromatic carbocycles. The number of hydrogen-bond donors (Lipinski definition) is 1. The van der Waals surface area contributed by atoms with Gasteiger partial charge in [-0.1, -0.05) is 42.5 Å². The van der Waals surface area contributed by atoms with E-state index in [9.17, 15) is 14.4 Å². The van der Waals surface area contributed by atoms with Gasteiger partial charge in [0.25, 0.3) is 0 Å². The molecule has 1 N–H and O–H groups in total. The molecule has 1 aliphatic rings. The third-order valence-corrected chi connectivity index (χ3v) is 5.83. The van der Waals surface area contributed by atoms with Crippen LogP contribution in [0.25, 0.3) is 0 Å². The Balaban J connectivity index is 1.60. The first-order valence-electron chi connectivity index (χ1n) is 10.3. The van der Waals surface area contributed by atoms with Crippen molar-refractivity contribution in [1.82, 2.24) is 5.48 Å². The monoisotopic (exact) mass is 442 g/mol. The van der Waals surface area contributed by atoms with Gasteiger partial charge in [-0.3, -0.25) is 14.5 Å². The Morgan fingerprint density at radius 3 is 2.65 bits per heavy atom. The molecular weight excluding hydrogens is 416 g/mol. The second-order valence-corrected chi connectivity index (χ2v) is 8.10. The number of anilines is 1. The van der Waals surface area contributed by atoms with E-state index in [4.69, 9.17) is 9.57 Å². The largest absolute Gasteiger partial charge is 0.465 e. The maximum Gasteiger partial charge on any atom is 0.344 e. The van der Waals surface area contributed by atoms with E-state index in [0.29, 0.717) is 30.7 Å². The Hall–Kier alpha value is -2.84. The number of thioether (sulfide) groups is 1. The van der Waals surface area contributed by atoms with Crippen LogP contribution in [0.4, 0.5) is 5.69 Å². The van der Waals surface area contributed by atoms with Gasteiger partial charge in [0.15, 0.2) is 0 Å². The summed E-state index contributed by atoms with van der Waals surface area (Å²) in [7, 11) is 0. The summed E-state index contributed by atoms with van der Waals surface area (Å²) in [5.41, 5.74) is 4.31. The number of hydrogen-bond acceptors (Lipinski definition) is 7. The predicted octanol–water partition coefficient (Wildman–Crippen LogP) is 3.13. The molecule has 0 bridgehead atoms. The second kappa shape index (κ2) is 11.5. The Bertz CT molecular complexity index is 906. The first-order valence-corrected chi connectivity index (χ1v) is 11.2. The number of fused-ring (bicyclic) bond motifs is 1. The Labute approximate surface area is 186 Å². The lowest BCUT2D eigenvalue weighted by Gasteiger charge is -2.22. The van der Waals surface area contributed by atoms with Crippen LogP contribution in [0.1, 0.15) is 25.3 Å². The zero-order chi connectivity index (χ0) is 22.1. The molecule has 2 aromatic rings. The van der Waals surface area contributed by atoms with Crippen LogP contribution in [0.2, 0.25) is 0 Å². The van der Waals surface area contributed by atoms with Crippen molar-refractivity contribution in [1.29, 1.82) is 0 Å². The lowest BCUT2D eigenvalue weighted by Crippen LogP contribution is -2.43. The molecule has 0 radical (unpaired) electrons. The van der Waals surface area contributed by atoms with Crippen LogP contribution in [-0.4, -0.2) is 42.8 Å². The Kier molecular flexibility index (Phi) is 8.49. The highest BCUT2D eigenvalue weighted by molar-refractivity contribution is 7.99. The highest BCUT2D eigenvalue weighted by Crippen LogP contribution is 2.33. The minimum Gasteiger partial charge on any atom is -0.465 e. The standard InChI is InChI=1S/C23H26N2O5S/c1-2-29-23(28)18(13-12-17-8-4-3-5-9-17)24-30-22(27)16-25-19-10-6-7-11-20(19)31-15-14-21(25)26/h3-11,18,24H,2,12-16H2,1H3. The number of rotatable bonds is 9. The van der Waals surface area contributed by atoms with Crippen molar-refractivity contribution in [2.45, 2.75) is 37.1 Å². The van der Waals surface area contributed by atoms with Gasteiger partial charge in [0.05, 0.1) is 12.3 Å². The van der Waals surface area contributed by atoms with E-state index in [1.807, 2.05) is 54.6 Å². The SMILES string of the molecule is CCOC(=O)C(CCc1ccccc1)NOC(=O)CN1C(=O)CCSc2ccccc21. The molecule has 0 saturated carbocycles. The number of ether oxygens (including phenoxy) is 1. The molecule has 3 rings (SSSR count). The number of nitrogens with zero attached hydrogens (tertiary/aromatic N) is 1. The molecule has 0 saturated heterocycles. The van der Waals surface area contributed by atoms with Crippen LogP contribution in [-0.2, 0) is 30.4 Å². The maximum atomic E-state index is 12.5. The molecule has 7 nitrogen and oxygen atoms in total. The van der Waals surface area contributed by atoms with Crippen molar-refractivity contribution in [3.63, 3.8) is 0 Å². The third kappa shape index (κ3) is 6.57. The van der Waals surface area contributed by atoms with Crippen molar-refractivity contribution in [2.75, 3.05) is 23.8 Å². The quantitative estimate of drug-likeness (QED) is 0.472. The number of amides is 1. The van der Waals surface area contributed by atoms with Gasteiger partial charge in [0.2, 0.25) is 5.91 Å². The summed E-state index contributed by atoms with van der Waals surface area (Å²) in [5, 5.41) is 0. The number of esters is 1. The van der Waals surface area contributed by atoms with Crippen molar-refractivity contribution in [3.05, 3.63) is 60.2 Å². The van der Waals surface area contributed by atoms with E-state index in [2.05, 4.69) is 5.48 Å². The highest BCUT2D eigenvalue weighted by Gasteiger charge is 2.27. The summed E-state index contributed by atoms with van der Waals surface area (Å²) in [6.45, 7) is 1.71. The highest BCUT2D eigenvalue weighted by atomic mass is 32.2. The zero-order valence-corrected chi connectivity index (χ0v) is 18.2. The molecule has 1 heterocycles. The third-order valence-electron chi connectivity index (χ3n) is 4.77.